The molecule has 31 heavy (non-hydrogen) atoms. The Hall–Kier alpha value is -2.73. The molecule has 1 saturated carbocycles. The average Bonchev–Trinajstić information content (AvgIpc) is 3.07. The summed E-state index contributed by atoms with van der Waals surface area (Å²) in [6.45, 7) is 0. The second-order valence-corrected chi connectivity index (χ2v) is 9.49. The van der Waals surface area contributed by atoms with Gasteiger partial charge in [-0.05, 0) is 54.5 Å². The Balaban J connectivity index is 1.43. The number of carbonyl (C=O) groups excluding carboxylic acids is 3. The van der Waals surface area contributed by atoms with Gasteiger partial charge < -0.3 is 5.32 Å². The molecule has 3 amide bonds. The standard InChI is InChI=1S/C25H23BrN2O3/c26-18-10-12-19(13-11-18)27-21(29)14-20(15-4-2-1-3-5-15)28-24(30)22-16-6-7-17(9-8-16)23(22)25(28)31/h1-7,10-13,16-17,20,22-23H,8-9,14H2,(H,27,29)/t16-,17-,20+,22-,23+/m0/s1. The van der Waals surface area contributed by atoms with E-state index in [9.17, 15) is 14.4 Å². The van der Waals surface area contributed by atoms with Crippen LogP contribution in [0.2, 0.25) is 0 Å². The van der Waals surface area contributed by atoms with Crippen molar-refractivity contribution >= 4 is 39.3 Å². The van der Waals surface area contributed by atoms with Gasteiger partial charge in [0.15, 0.2) is 0 Å². The van der Waals surface area contributed by atoms with E-state index in [1.54, 1.807) is 0 Å². The average molecular weight is 479 g/mol. The summed E-state index contributed by atoms with van der Waals surface area (Å²) < 4.78 is 0.923. The molecule has 1 saturated heterocycles. The van der Waals surface area contributed by atoms with Crippen molar-refractivity contribution in [3.8, 4) is 0 Å². The number of likely N-dealkylation sites (tertiary alicyclic amines) is 1. The number of nitrogens with zero attached hydrogens (tertiary/aromatic N) is 1. The van der Waals surface area contributed by atoms with Gasteiger partial charge in [-0.2, -0.15) is 0 Å². The lowest BCUT2D eigenvalue weighted by molar-refractivity contribution is -0.143. The molecule has 5 atom stereocenters. The Morgan fingerprint density at radius 2 is 1.52 bits per heavy atom. The van der Waals surface area contributed by atoms with Crippen molar-refractivity contribution in [2.24, 2.45) is 23.7 Å². The minimum Gasteiger partial charge on any atom is -0.326 e. The Bertz CT molecular complexity index is 1020. The van der Waals surface area contributed by atoms with Crippen LogP contribution in [0.5, 0.6) is 0 Å². The van der Waals surface area contributed by atoms with Crippen molar-refractivity contribution in [1.29, 1.82) is 0 Å². The highest BCUT2D eigenvalue weighted by Crippen LogP contribution is 2.51. The molecule has 0 aromatic heterocycles. The van der Waals surface area contributed by atoms with E-state index in [1.807, 2.05) is 54.6 Å². The van der Waals surface area contributed by atoms with Crippen LogP contribution in [0.15, 0.2) is 71.2 Å². The van der Waals surface area contributed by atoms with Crippen LogP contribution in [0.1, 0.15) is 30.9 Å². The molecule has 4 aliphatic rings. The van der Waals surface area contributed by atoms with Gasteiger partial charge in [0.1, 0.15) is 0 Å². The Morgan fingerprint density at radius 1 is 0.935 bits per heavy atom. The minimum atomic E-state index is -0.610. The normalized spacial score (nSPS) is 27.3. The zero-order valence-electron chi connectivity index (χ0n) is 16.9. The van der Waals surface area contributed by atoms with Gasteiger partial charge in [-0.3, -0.25) is 19.3 Å². The van der Waals surface area contributed by atoms with Gasteiger partial charge in [0.05, 0.1) is 24.3 Å². The fourth-order valence-electron chi connectivity index (χ4n) is 5.36. The largest absolute Gasteiger partial charge is 0.326 e. The summed E-state index contributed by atoms with van der Waals surface area (Å²) in [6, 6.07) is 16.1. The maximum absolute atomic E-state index is 13.5. The van der Waals surface area contributed by atoms with Gasteiger partial charge in [0.25, 0.3) is 0 Å². The van der Waals surface area contributed by atoms with Crippen molar-refractivity contribution in [3.05, 3.63) is 76.8 Å². The Morgan fingerprint density at radius 3 is 2.06 bits per heavy atom. The molecule has 6 rings (SSSR count). The summed E-state index contributed by atoms with van der Waals surface area (Å²) in [5.41, 5.74) is 1.48. The molecular formula is C25H23BrN2O3. The zero-order chi connectivity index (χ0) is 21.5. The van der Waals surface area contributed by atoms with E-state index < -0.39 is 6.04 Å². The van der Waals surface area contributed by atoms with Crippen molar-refractivity contribution in [3.63, 3.8) is 0 Å². The van der Waals surface area contributed by atoms with Crippen molar-refractivity contribution < 1.29 is 14.4 Å². The first kappa shape index (κ1) is 20.2. The number of anilines is 1. The van der Waals surface area contributed by atoms with Crippen LogP contribution in [-0.2, 0) is 14.4 Å². The number of nitrogens with one attached hydrogen (secondary N) is 1. The fraction of sp³-hybridized carbons (Fsp3) is 0.320. The van der Waals surface area contributed by atoms with Crippen LogP contribution in [0.4, 0.5) is 5.69 Å². The second kappa shape index (κ2) is 8.08. The van der Waals surface area contributed by atoms with Crippen LogP contribution >= 0.6 is 15.9 Å². The predicted molar refractivity (Wildman–Crippen MR) is 121 cm³/mol. The molecule has 0 spiro atoms. The zero-order valence-corrected chi connectivity index (χ0v) is 18.5. The quantitative estimate of drug-likeness (QED) is 0.499. The van der Waals surface area contributed by atoms with E-state index in [0.29, 0.717) is 5.69 Å². The third-order valence-electron chi connectivity index (χ3n) is 6.80. The maximum Gasteiger partial charge on any atom is 0.234 e. The molecule has 2 fully saturated rings. The molecule has 6 heteroatoms. The molecule has 2 aromatic rings. The van der Waals surface area contributed by atoms with E-state index in [0.717, 1.165) is 22.9 Å². The first-order valence-corrected chi connectivity index (χ1v) is 11.5. The number of fused-ring (bicyclic) bond motifs is 1. The number of carbonyl (C=O) groups is 3. The molecule has 2 aromatic carbocycles. The highest BCUT2D eigenvalue weighted by Gasteiger charge is 2.58. The predicted octanol–water partition coefficient (Wildman–Crippen LogP) is 4.72. The van der Waals surface area contributed by atoms with Crippen molar-refractivity contribution in [2.45, 2.75) is 25.3 Å². The third kappa shape index (κ3) is 3.63. The number of hydrogen-bond acceptors (Lipinski definition) is 3. The summed E-state index contributed by atoms with van der Waals surface area (Å²) >= 11 is 3.39. The summed E-state index contributed by atoms with van der Waals surface area (Å²) in [5, 5.41) is 2.89. The van der Waals surface area contributed by atoms with Gasteiger partial charge in [-0.25, -0.2) is 0 Å². The molecule has 1 aliphatic heterocycles. The highest BCUT2D eigenvalue weighted by molar-refractivity contribution is 9.10. The van der Waals surface area contributed by atoms with Gasteiger partial charge in [0, 0.05) is 10.2 Å². The third-order valence-corrected chi connectivity index (χ3v) is 7.32. The van der Waals surface area contributed by atoms with E-state index in [4.69, 9.17) is 0 Å². The summed E-state index contributed by atoms with van der Waals surface area (Å²) in [6.07, 6.45) is 6.16. The maximum atomic E-state index is 13.5. The Labute approximate surface area is 189 Å². The molecule has 0 unspecified atom stereocenters. The van der Waals surface area contributed by atoms with E-state index in [-0.39, 0.29) is 47.8 Å². The van der Waals surface area contributed by atoms with Crippen LogP contribution in [0.3, 0.4) is 0 Å². The monoisotopic (exact) mass is 478 g/mol. The van der Waals surface area contributed by atoms with Crippen LogP contribution in [0, 0.1) is 23.7 Å². The first-order valence-electron chi connectivity index (χ1n) is 10.7. The molecule has 0 radical (unpaired) electrons. The number of allylic oxidation sites excluding steroid dienone is 2. The number of rotatable bonds is 5. The summed E-state index contributed by atoms with van der Waals surface area (Å²) in [5.74, 6) is -0.783. The number of halogens is 1. The number of benzene rings is 2. The minimum absolute atomic E-state index is 0.0275. The molecule has 1 N–H and O–H groups in total. The van der Waals surface area contributed by atoms with Crippen molar-refractivity contribution in [1.82, 2.24) is 4.90 Å². The van der Waals surface area contributed by atoms with Crippen LogP contribution in [-0.4, -0.2) is 22.6 Å². The summed E-state index contributed by atoms with van der Waals surface area (Å²) in [4.78, 5) is 41.2. The molecule has 1 heterocycles. The van der Waals surface area contributed by atoms with Gasteiger partial charge in [0.2, 0.25) is 17.7 Å². The Kier molecular flexibility index (Phi) is 5.26. The molecule has 5 nitrogen and oxygen atoms in total. The van der Waals surface area contributed by atoms with Gasteiger partial charge >= 0.3 is 0 Å². The number of imide groups is 1. The van der Waals surface area contributed by atoms with E-state index >= 15 is 0 Å². The lowest BCUT2D eigenvalue weighted by Gasteiger charge is -2.38. The van der Waals surface area contributed by atoms with Gasteiger partial charge in [-0.1, -0.05) is 58.4 Å². The molecule has 2 bridgehead atoms. The smallest absolute Gasteiger partial charge is 0.234 e. The molecule has 158 valence electrons. The first-order chi connectivity index (χ1) is 15.0. The highest BCUT2D eigenvalue weighted by atomic mass is 79.9. The SMILES string of the molecule is O=C(C[C@H](c1ccccc1)N1C(=O)[C@@H]2[C@H](C1=O)[C@H]1C=C[C@H]2CC1)Nc1ccc(Br)cc1. The summed E-state index contributed by atoms with van der Waals surface area (Å²) in [7, 11) is 0. The number of amides is 3. The van der Waals surface area contributed by atoms with E-state index in [1.165, 1.54) is 4.90 Å². The fourth-order valence-corrected chi connectivity index (χ4v) is 5.62. The molecule has 3 aliphatic carbocycles. The molecular weight excluding hydrogens is 456 g/mol. The topological polar surface area (TPSA) is 66.5 Å². The van der Waals surface area contributed by atoms with E-state index in [2.05, 4.69) is 33.4 Å². The lowest BCUT2D eigenvalue weighted by atomic mass is 9.63. The van der Waals surface area contributed by atoms with Crippen LogP contribution < -0.4 is 5.32 Å². The van der Waals surface area contributed by atoms with Crippen LogP contribution in [0.25, 0.3) is 0 Å². The lowest BCUT2D eigenvalue weighted by Crippen LogP contribution is -2.38. The van der Waals surface area contributed by atoms with Gasteiger partial charge in [-0.15, -0.1) is 0 Å². The van der Waals surface area contributed by atoms with Crippen molar-refractivity contribution in [2.75, 3.05) is 5.32 Å². The number of hydrogen-bond donors (Lipinski definition) is 1. The second-order valence-electron chi connectivity index (χ2n) is 8.57.